The molecule has 4 aromatic heterocycles. The molecule has 0 radical (unpaired) electrons. The number of aromatic carboxylic acids is 1. The van der Waals surface area contributed by atoms with E-state index in [0.29, 0.717) is 51.9 Å². The minimum atomic E-state index is -4.55. The van der Waals surface area contributed by atoms with E-state index in [-0.39, 0.29) is 66.4 Å². The molecule has 6 rings (SSSR count). The van der Waals surface area contributed by atoms with Crippen molar-refractivity contribution in [2.24, 2.45) is 0 Å². The summed E-state index contributed by atoms with van der Waals surface area (Å²) in [6, 6.07) is 1.61. The van der Waals surface area contributed by atoms with Crippen LogP contribution in [0.5, 0.6) is 0 Å². The lowest BCUT2D eigenvalue weighted by molar-refractivity contribution is -0.142. The van der Waals surface area contributed by atoms with Gasteiger partial charge in [-0.15, -0.1) is 10.2 Å². The van der Waals surface area contributed by atoms with E-state index in [0.717, 1.165) is 21.5 Å². The quantitative estimate of drug-likeness (QED) is 0.192. The van der Waals surface area contributed by atoms with Crippen LogP contribution >= 0.6 is 0 Å². The van der Waals surface area contributed by atoms with Crippen molar-refractivity contribution in [3.05, 3.63) is 58.7 Å². The number of esters is 1. The first-order valence-corrected chi connectivity index (χ1v) is 17.4. The molecule has 6 heterocycles. The highest BCUT2D eigenvalue weighted by atomic mass is 19.4. The van der Waals surface area contributed by atoms with Gasteiger partial charge in [0.2, 0.25) is 11.8 Å². The molecule has 24 heteroatoms. The zero-order valence-electron chi connectivity index (χ0n) is 30.4. The first-order chi connectivity index (χ1) is 26.3. The number of rotatable bonds is 9. The Hall–Kier alpha value is -5.84. The Morgan fingerprint density at radius 2 is 1.09 bits per heavy atom. The fraction of sp³-hybridized carbons (Fsp3) is 0.562. The summed E-state index contributed by atoms with van der Waals surface area (Å²) in [7, 11) is 0. The summed E-state index contributed by atoms with van der Waals surface area (Å²) in [6.45, 7) is 5.93. The maximum Gasteiger partial charge on any atom is 0.435 e. The predicted octanol–water partition coefficient (Wildman–Crippen LogP) is 3.21. The number of amides is 2. The van der Waals surface area contributed by atoms with E-state index in [2.05, 4.69) is 30.6 Å². The van der Waals surface area contributed by atoms with E-state index >= 15 is 0 Å². The molecular weight excluding hydrogens is 762 g/mol. The van der Waals surface area contributed by atoms with Crippen molar-refractivity contribution in [1.82, 2.24) is 59.3 Å². The van der Waals surface area contributed by atoms with Crippen molar-refractivity contribution < 1.29 is 55.4 Å². The van der Waals surface area contributed by atoms with Crippen LogP contribution in [-0.4, -0.2) is 121 Å². The maximum absolute atomic E-state index is 12.8. The fourth-order valence-electron chi connectivity index (χ4n) is 6.07. The van der Waals surface area contributed by atoms with Crippen molar-refractivity contribution in [2.75, 3.05) is 32.8 Å². The van der Waals surface area contributed by atoms with Crippen molar-refractivity contribution in [3.63, 3.8) is 0 Å². The number of likely N-dealkylation sites (tertiary alicyclic amines) is 2. The van der Waals surface area contributed by atoms with Crippen molar-refractivity contribution in [1.29, 1.82) is 0 Å². The second-order valence-electron chi connectivity index (χ2n) is 13.0. The molecule has 1 N–H and O–H groups in total. The summed E-state index contributed by atoms with van der Waals surface area (Å²) in [5, 5.41) is 31.9. The molecule has 56 heavy (non-hydrogen) atoms. The molecule has 0 spiro atoms. The molecule has 0 atom stereocenters. The van der Waals surface area contributed by atoms with E-state index in [1.165, 1.54) is 35.8 Å². The molecule has 2 aliphatic heterocycles. The smallest absolute Gasteiger partial charge is 0.435 e. The van der Waals surface area contributed by atoms with Gasteiger partial charge in [-0.3, -0.25) is 19.0 Å². The largest absolute Gasteiger partial charge is 0.476 e. The van der Waals surface area contributed by atoms with Crippen LogP contribution in [0.15, 0.2) is 24.5 Å². The Balaban J connectivity index is 0.000000215. The fourth-order valence-corrected chi connectivity index (χ4v) is 6.07. The van der Waals surface area contributed by atoms with Crippen LogP contribution in [-0.2, 0) is 39.8 Å². The Kier molecular flexibility index (Phi) is 12.5. The van der Waals surface area contributed by atoms with Crippen molar-refractivity contribution >= 4 is 23.8 Å². The van der Waals surface area contributed by atoms with Gasteiger partial charge in [0.05, 0.1) is 31.1 Å². The number of ether oxygens (including phenoxy) is 1. The van der Waals surface area contributed by atoms with Crippen LogP contribution in [0.3, 0.4) is 0 Å². The third-order valence-corrected chi connectivity index (χ3v) is 9.12. The van der Waals surface area contributed by atoms with Gasteiger partial charge in [-0.2, -0.15) is 56.3 Å². The molecule has 0 saturated carbocycles. The average molecular weight is 801 g/mol. The number of carbonyl (C=O) groups is 4. The van der Waals surface area contributed by atoms with Crippen molar-refractivity contribution in [2.45, 2.75) is 84.0 Å². The van der Waals surface area contributed by atoms with Crippen LogP contribution in [0.25, 0.3) is 0 Å². The Morgan fingerprint density at radius 3 is 1.43 bits per heavy atom. The number of alkyl halides is 6. The molecule has 2 aliphatic rings. The van der Waals surface area contributed by atoms with E-state index in [4.69, 9.17) is 9.84 Å². The molecule has 4 aromatic rings. The minimum absolute atomic E-state index is 0.0782. The highest BCUT2D eigenvalue weighted by molar-refractivity contribution is 5.86. The van der Waals surface area contributed by atoms with E-state index in [9.17, 15) is 45.5 Å². The molecule has 0 bridgehead atoms. The molecule has 2 amide bonds. The summed E-state index contributed by atoms with van der Waals surface area (Å²) in [5.41, 5.74) is -1.53. The lowest BCUT2D eigenvalue weighted by Gasteiger charge is -2.31. The van der Waals surface area contributed by atoms with Gasteiger partial charge in [0.1, 0.15) is 13.1 Å². The first-order valence-electron chi connectivity index (χ1n) is 17.4. The number of hydrogen-bond donors (Lipinski definition) is 1. The van der Waals surface area contributed by atoms with Gasteiger partial charge in [-0.1, -0.05) is 0 Å². The maximum atomic E-state index is 12.8. The highest BCUT2D eigenvalue weighted by Crippen LogP contribution is 2.30. The Morgan fingerprint density at radius 1 is 0.696 bits per heavy atom. The number of aryl methyl sites for hydroxylation is 2. The number of halogens is 6. The Bertz CT molecular complexity index is 2020. The molecule has 2 fully saturated rings. The van der Waals surface area contributed by atoms with Gasteiger partial charge in [0.15, 0.2) is 22.8 Å². The van der Waals surface area contributed by atoms with E-state index in [1.54, 1.807) is 16.7 Å². The molecule has 304 valence electrons. The lowest BCUT2D eigenvalue weighted by Crippen LogP contribution is -2.41. The second-order valence-corrected chi connectivity index (χ2v) is 13.0. The number of aromatic nitrogens is 10. The van der Waals surface area contributed by atoms with Gasteiger partial charge in [-0.05, 0) is 58.6 Å². The lowest BCUT2D eigenvalue weighted by atomic mass is 10.1. The number of hydrogen-bond acceptors (Lipinski definition) is 11. The van der Waals surface area contributed by atoms with Gasteiger partial charge in [-0.25, -0.2) is 9.59 Å². The summed E-state index contributed by atoms with van der Waals surface area (Å²) >= 11 is 0. The van der Waals surface area contributed by atoms with Crippen LogP contribution in [0, 0.1) is 13.8 Å². The molecular formula is C32H38F6N12O6. The summed E-state index contributed by atoms with van der Waals surface area (Å²) < 4.78 is 83.4. The van der Waals surface area contributed by atoms with Gasteiger partial charge in [0, 0.05) is 37.6 Å². The van der Waals surface area contributed by atoms with E-state index < -0.39 is 35.7 Å². The predicted molar refractivity (Wildman–Crippen MR) is 177 cm³/mol. The van der Waals surface area contributed by atoms with E-state index in [1.807, 2.05) is 0 Å². The number of carbonyl (C=O) groups excluding carboxylic acids is 3. The third-order valence-electron chi connectivity index (χ3n) is 9.12. The summed E-state index contributed by atoms with van der Waals surface area (Å²) in [5.74, 6) is -2.34. The van der Waals surface area contributed by atoms with Crippen LogP contribution in [0.1, 0.15) is 88.4 Å². The SMILES string of the molecule is CCOC(=O)c1cnn(C2CCN(C(=O)Cn3nc(C(F)(F)F)cc3C)CC2)n1.Cc1cc(C(F)(F)F)nn1CC(=O)N1CCC(n2ncc(C(=O)O)n2)CC1. The standard InChI is InChI=1S/C17H21F3N6O3.C15H17F3N6O3/c1-3-29-16(28)13-9-21-26(22-13)12-4-6-24(7-5-12)15(27)10-25-11(2)8-14(23-25)17(18,19)20;1-9-6-12(15(16,17)18)21-23(9)8-13(25)22-4-2-10(3-5-22)24-19-7-11(20-24)14(26)27/h8-9,12H,3-7,10H2,1-2H3;6-7,10H,2-5,8H2,1H3,(H,26,27). The summed E-state index contributed by atoms with van der Waals surface area (Å²) in [4.78, 5) is 53.3. The van der Waals surface area contributed by atoms with Crippen LogP contribution in [0.2, 0.25) is 0 Å². The molecule has 18 nitrogen and oxygen atoms in total. The van der Waals surface area contributed by atoms with Crippen LogP contribution in [0.4, 0.5) is 26.3 Å². The summed E-state index contributed by atoms with van der Waals surface area (Å²) in [6.07, 6.45) is -4.42. The highest BCUT2D eigenvalue weighted by Gasteiger charge is 2.36. The molecule has 0 aromatic carbocycles. The number of carboxylic acid groups (broad SMARTS) is 1. The molecule has 2 saturated heterocycles. The second kappa shape index (κ2) is 16.9. The van der Waals surface area contributed by atoms with Gasteiger partial charge in [0.25, 0.3) is 0 Å². The molecule has 0 unspecified atom stereocenters. The number of nitrogens with zero attached hydrogens (tertiary/aromatic N) is 12. The third kappa shape index (κ3) is 10.1. The normalized spacial score (nSPS) is 15.7. The molecule has 0 aliphatic carbocycles. The topological polar surface area (TPSA) is 201 Å². The zero-order valence-corrected chi connectivity index (χ0v) is 30.4. The average Bonchev–Trinajstić information content (AvgIpc) is 3.96. The monoisotopic (exact) mass is 800 g/mol. The van der Waals surface area contributed by atoms with Gasteiger partial charge < -0.3 is 19.6 Å². The zero-order chi connectivity index (χ0) is 40.9. The number of piperidine rings is 2. The first kappa shape index (κ1) is 41.3. The van der Waals surface area contributed by atoms with Crippen LogP contribution < -0.4 is 0 Å². The Labute approximate surface area is 313 Å². The number of carboxylic acids is 1. The van der Waals surface area contributed by atoms with Crippen molar-refractivity contribution in [3.8, 4) is 0 Å². The minimum Gasteiger partial charge on any atom is -0.476 e. The van der Waals surface area contributed by atoms with Gasteiger partial charge >= 0.3 is 24.3 Å².